The quantitative estimate of drug-likeness (QED) is 0.485. The summed E-state index contributed by atoms with van der Waals surface area (Å²) < 4.78 is 88.9. The average molecular weight is 312 g/mol. The van der Waals surface area contributed by atoms with Crippen LogP contribution >= 0.6 is 0 Å². The molecule has 3 nitrogen and oxygen atoms in total. The Hall–Kier alpha value is -1.90. The summed E-state index contributed by atoms with van der Waals surface area (Å²) in [5.41, 5.74) is -5.78. The molecule has 0 aromatic heterocycles. The standard InChI is InChI=1S/C11H5F5O3S/c12-8-5-6-3-1-2-4-7(6)9(13)10(8)19-20(17,18)11(14,15)16/h1-5H. The lowest BCUT2D eigenvalue weighted by atomic mass is 10.1. The molecule has 0 bridgehead atoms. The van der Waals surface area contributed by atoms with Crippen LogP contribution in [-0.4, -0.2) is 13.9 Å². The minimum absolute atomic E-state index is 0.0549. The van der Waals surface area contributed by atoms with Gasteiger partial charge in [-0.25, -0.2) is 8.78 Å². The molecule has 0 aliphatic rings. The molecule has 108 valence electrons. The lowest BCUT2D eigenvalue weighted by molar-refractivity contribution is -0.0501. The van der Waals surface area contributed by atoms with Crippen LogP contribution in [0.4, 0.5) is 22.0 Å². The maximum atomic E-state index is 13.9. The molecule has 0 amide bonds. The van der Waals surface area contributed by atoms with Gasteiger partial charge in [0.05, 0.1) is 0 Å². The molecule has 0 saturated heterocycles. The summed E-state index contributed by atoms with van der Waals surface area (Å²) in [6.07, 6.45) is 0. The van der Waals surface area contributed by atoms with E-state index in [0.717, 1.165) is 6.07 Å². The maximum Gasteiger partial charge on any atom is 0.534 e. The van der Waals surface area contributed by atoms with Crippen molar-refractivity contribution >= 4 is 20.9 Å². The second-order valence-electron chi connectivity index (χ2n) is 3.71. The summed E-state index contributed by atoms with van der Waals surface area (Å²) in [6.45, 7) is 0. The predicted octanol–water partition coefficient (Wildman–Crippen LogP) is 3.35. The van der Waals surface area contributed by atoms with Crippen molar-refractivity contribution in [3.63, 3.8) is 0 Å². The van der Waals surface area contributed by atoms with Crippen LogP contribution in [-0.2, 0) is 10.1 Å². The molecular formula is C11H5F5O3S. The van der Waals surface area contributed by atoms with Crippen LogP contribution in [0.2, 0.25) is 0 Å². The van der Waals surface area contributed by atoms with E-state index in [-0.39, 0.29) is 10.8 Å². The van der Waals surface area contributed by atoms with Crippen molar-refractivity contribution in [3.05, 3.63) is 42.0 Å². The first-order valence-corrected chi connectivity index (χ1v) is 6.42. The Balaban J connectivity index is 2.62. The molecule has 0 unspecified atom stereocenters. The SMILES string of the molecule is O=S(=O)(Oc1c(F)cc2ccccc2c1F)C(F)(F)F. The third-order valence-corrected chi connectivity index (χ3v) is 3.33. The molecule has 0 radical (unpaired) electrons. The van der Waals surface area contributed by atoms with Crippen LogP contribution in [0.5, 0.6) is 5.75 Å². The summed E-state index contributed by atoms with van der Waals surface area (Å²) >= 11 is 0. The molecular weight excluding hydrogens is 307 g/mol. The van der Waals surface area contributed by atoms with E-state index in [1.807, 2.05) is 0 Å². The van der Waals surface area contributed by atoms with Crippen molar-refractivity contribution in [1.29, 1.82) is 0 Å². The van der Waals surface area contributed by atoms with Gasteiger partial charge in [-0.3, -0.25) is 0 Å². The fourth-order valence-electron chi connectivity index (χ4n) is 1.49. The van der Waals surface area contributed by atoms with E-state index >= 15 is 0 Å². The van der Waals surface area contributed by atoms with Gasteiger partial charge in [0.15, 0.2) is 11.6 Å². The van der Waals surface area contributed by atoms with Crippen molar-refractivity contribution in [3.8, 4) is 5.75 Å². The number of benzene rings is 2. The molecule has 0 spiro atoms. The van der Waals surface area contributed by atoms with Crippen molar-refractivity contribution < 1.29 is 34.6 Å². The van der Waals surface area contributed by atoms with Crippen LogP contribution in [0, 0.1) is 11.6 Å². The molecule has 0 saturated carbocycles. The zero-order chi connectivity index (χ0) is 15.1. The van der Waals surface area contributed by atoms with Gasteiger partial charge >= 0.3 is 15.6 Å². The second-order valence-corrected chi connectivity index (χ2v) is 5.24. The topological polar surface area (TPSA) is 43.4 Å². The van der Waals surface area contributed by atoms with Crippen LogP contribution in [0.25, 0.3) is 10.8 Å². The minimum atomic E-state index is -6.14. The molecule has 0 atom stereocenters. The van der Waals surface area contributed by atoms with Crippen LogP contribution in [0.3, 0.4) is 0 Å². The maximum absolute atomic E-state index is 13.9. The normalized spacial score (nSPS) is 12.7. The van der Waals surface area contributed by atoms with E-state index in [1.165, 1.54) is 18.2 Å². The molecule has 0 aliphatic carbocycles. The largest absolute Gasteiger partial charge is 0.534 e. The van der Waals surface area contributed by atoms with Gasteiger partial charge in [-0.05, 0) is 11.5 Å². The summed E-state index contributed by atoms with van der Waals surface area (Å²) in [5, 5.41) is -0.208. The van der Waals surface area contributed by atoms with Gasteiger partial charge in [0.1, 0.15) is 0 Å². The highest BCUT2D eigenvalue weighted by molar-refractivity contribution is 7.88. The predicted molar refractivity (Wildman–Crippen MR) is 59.5 cm³/mol. The van der Waals surface area contributed by atoms with Gasteiger partial charge in [-0.2, -0.15) is 21.6 Å². The molecule has 0 heterocycles. The van der Waals surface area contributed by atoms with Crippen LogP contribution in [0.1, 0.15) is 0 Å². The summed E-state index contributed by atoms with van der Waals surface area (Å²) in [7, 11) is -6.14. The van der Waals surface area contributed by atoms with Crippen molar-refractivity contribution in [2.75, 3.05) is 0 Å². The monoisotopic (exact) mass is 312 g/mol. The molecule has 20 heavy (non-hydrogen) atoms. The highest BCUT2D eigenvalue weighted by Gasteiger charge is 2.49. The zero-order valence-corrected chi connectivity index (χ0v) is 10.2. The third-order valence-electron chi connectivity index (χ3n) is 2.37. The van der Waals surface area contributed by atoms with E-state index in [9.17, 15) is 30.4 Å². The Labute approximate surface area is 109 Å². The van der Waals surface area contributed by atoms with Gasteiger partial charge in [0.2, 0.25) is 5.75 Å². The third kappa shape index (κ3) is 2.40. The van der Waals surface area contributed by atoms with Gasteiger partial charge in [-0.1, -0.05) is 24.3 Å². The molecule has 2 aromatic rings. The Morgan fingerprint density at radius 3 is 2.25 bits per heavy atom. The van der Waals surface area contributed by atoms with Crippen LogP contribution in [0.15, 0.2) is 30.3 Å². The number of halogens is 5. The van der Waals surface area contributed by atoms with Gasteiger partial charge in [0, 0.05) is 5.39 Å². The minimum Gasteiger partial charge on any atom is -0.370 e. The fourth-order valence-corrected chi connectivity index (χ4v) is 1.95. The smallest absolute Gasteiger partial charge is 0.370 e. The number of fused-ring (bicyclic) bond motifs is 1. The Kier molecular flexibility index (Phi) is 3.32. The first kappa shape index (κ1) is 14.5. The molecule has 0 fully saturated rings. The van der Waals surface area contributed by atoms with E-state index in [4.69, 9.17) is 0 Å². The summed E-state index contributed by atoms with van der Waals surface area (Å²) in [5.74, 6) is -4.68. The van der Waals surface area contributed by atoms with E-state index in [1.54, 1.807) is 0 Å². The highest BCUT2D eigenvalue weighted by Crippen LogP contribution is 2.33. The summed E-state index contributed by atoms with van der Waals surface area (Å²) in [6, 6.07) is 5.94. The van der Waals surface area contributed by atoms with E-state index < -0.39 is 33.0 Å². The Morgan fingerprint density at radius 1 is 1.05 bits per heavy atom. The van der Waals surface area contributed by atoms with Crippen LogP contribution < -0.4 is 4.18 Å². The second kappa shape index (κ2) is 4.58. The van der Waals surface area contributed by atoms with Gasteiger partial charge < -0.3 is 4.18 Å². The highest BCUT2D eigenvalue weighted by atomic mass is 32.2. The first-order chi connectivity index (χ1) is 9.13. The molecule has 0 aliphatic heterocycles. The van der Waals surface area contributed by atoms with Crippen molar-refractivity contribution in [1.82, 2.24) is 0 Å². The molecule has 0 N–H and O–H groups in total. The first-order valence-electron chi connectivity index (χ1n) is 5.01. The Morgan fingerprint density at radius 2 is 1.65 bits per heavy atom. The molecule has 2 aromatic carbocycles. The number of hydrogen-bond donors (Lipinski definition) is 0. The average Bonchev–Trinajstić information content (AvgIpc) is 2.33. The number of rotatable bonds is 2. The van der Waals surface area contributed by atoms with Gasteiger partial charge in [-0.15, -0.1) is 0 Å². The molecule has 9 heteroatoms. The lowest BCUT2D eigenvalue weighted by Gasteiger charge is -2.12. The molecule has 2 rings (SSSR count). The van der Waals surface area contributed by atoms with Crippen molar-refractivity contribution in [2.24, 2.45) is 0 Å². The van der Waals surface area contributed by atoms with Gasteiger partial charge in [0.25, 0.3) is 0 Å². The number of alkyl halides is 3. The summed E-state index contributed by atoms with van der Waals surface area (Å²) in [4.78, 5) is 0. The lowest BCUT2D eigenvalue weighted by Crippen LogP contribution is -2.28. The fraction of sp³-hybridized carbons (Fsp3) is 0.0909. The Bertz CT molecular complexity index is 767. The zero-order valence-electron chi connectivity index (χ0n) is 9.41. The van der Waals surface area contributed by atoms with Crippen molar-refractivity contribution in [2.45, 2.75) is 5.51 Å². The van der Waals surface area contributed by atoms with E-state index in [0.29, 0.717) is 6.07 Å². The number of hydrogen-bond acceptors (Lipinski definition) is 3. The van der Waals surface area contributed by atoms with E-state index in [2.05, 4.69) is 4.18 Å².